The molecule has 9 nitrogen and oxygen atoms in total. The number of tetrazole rings is 1. The van der Waals surface area contributed by atoms with Crippen molar-refractivity contribution in [3.63, 3.8) is 0 Å². The van der Waals surface area contributed by atoms with E-state index in [0.29, 0.717) is 43.1 Å². The van der Waals surface area contributed by atoms with Gasteiger partial charge < -0.3 is 18.6 Å². The van der Waals surface area contributed by atoms with E-state index in [1.165, 1.54) is 0 Å². The number of aromatic amines is 1. The van der Waals surface area contributed by atoms with Gasteiger partial charge in [0.05, 0.1) is 6.61 Å². The summed E-state index contributed by atoms with van der Waals surface area (Å²) < 4.78 is 21.5. The number of nitrogens with one attached hydrogen (secondary N) is 1. The van der Waals surface area contributed by atoms with Crippen molar-refractivity contribution in [1.82, 2.24) is 20.6 Å². The lowest BCUT2D eigenvalue weighted by Crippen LogP contribution is -2.09. The van der Waals surface area contributed by atoms with Gasteiger partial charge in [-0.05, 0) is 23.8 Å². The molecule has 0 aliphatic carbocycles. The Kier molecular flexibility index (Phi) is 5.70. The Morgan fingerprint density at radius 3 is 2.92 bits per heavy atom. The number of H-pyrrole nitrogens is 1. The van der Waals surface area contributed by atoms with E-state index in [1.54, 1.807) is 19.2 Å². The third kappa shape index (κ3) is 4.20. The maximum Gasteiger partial charge on any atom is 0.347 e. The Hall–Kier alpha value is -2.78. The number of para-hydroxylation sites is 1. The first-order chi connectivity index (χ1) is 12.3. The zero-order valence-corrected chi connectivity index (χ0v) is 13.7. The molecule has 0 atom stereocenters. The van der Waals surface area contributed by atoms with Crippen molar-refractivity contribution in [3.8, 4) is 17.1 Å². The Morgan fingerprint density at radius 2 is 2.12 bits per heavy atom. The molecule has 1 aromatic carbocycles. The van der Waals surface area contributed by atoms with Crippen molar-refractivity contribution in [2.45, 2.75) is 6.42 Å². The van der Waals surface area contributed by atoms with Crippen LogP contribution in [0, 0.1) is 0 Å². The van der Waals surface area contributed by atoms with Crippen LogP contribution in [-0.4, -0.2) is 54.2 Å². The first kappa shape index (κ1) is 17.1. The SMILES string of the molecule is COCCCOCCOc1cccc2cc(-c3nn[nH]n3)c(=O)oc12. The molecule has 2 heterocycles. The molecule has 132 valence electrons. The molecule has 2 aromatic heterocycles. The van der Waals surface area contributed by atoms with Crippen LogP contribution in [0.25, 0.3) is 22.4 Å². The second-order valence-electron chi connectivity index (χ2n) is 5.16. The lowest BCUT2D eigenvalue weighted by atomic mass is 10.1. The van der Waals surface area contributed by atoms with Crippen molar-refractivity contribution in [2.24, 2.45) is 0 Å². The zero-order valence-electron chi connectivity index (χ0n) is 13.7. The second kappa shape index (κ2) is 8.36. The number of methoxy groups -OCH3 is 1. The molecule has 25 heavy (non-hydrogen) atoms. The fourth-order valence-electron chi connectivity index (χ4n) is 2.28. The molecule has 3 rings (SSSR count). The van der Waals surface area contributed by atoms with Gasteiger partial charge in [-0.15, -0.1) is 10.2 Å². The number of fused-ring (bicyclic) bond motifs is 1. The summed E-state index contributed by atoms with van der Waals surface area (Å²) in [6.07, 6.45) is 0.832. The molecule has 0 amide bonds. The monoisotopic (exact) mass is 346 g/mol. The van der Waals surface area contributed by atoms with Crippen LogP contribution in [0.3, 0.4) is 0 Å². The van der Waals surface area contributed by atoms with Gasteiger partial charge in [0.25, 0.3) is 0 Å². The summed E-state index contributed by atoms with van der Waals surface area (Å²) in [4.78, 5) is 12.2. The van der Waals surface area contributed by atoms with Crippen LogP contribution in [0.2, 0.25) is 0 Å². The van der Waals surface area contributed by atoms with Gasteiger partial charge in [0.2, 0.25) is 5.82 Å². The molecule has 1 N–H and O–H groups in total. The highest BCUT2D eigenvalue weighted by atomic mass is 16.5. The molecular formula is C16H18N4O5. The Morgan fingerprint density at radius 1 is 1.20 bits per heavy atom. The summed E-state index contributed by atoms with van der Waals surface area (Å²) in [5.41, 5.74) is 0.0553. The number of hydrogen-bond acceptors (Lipinski definition) is 8. The number of benzene rings is 1. The molecular weight excluding hydrogens is 328 g/mol. The molecule has 0 unspecified atom stereocenters. The molecule has 9 heteroatoms. The summed E-state index contributed by atoms with van der Waals surface area (Å²) in [6, 6.07) is 7.03. The van der Waals surface area contributed by atoms with E-state index in [-0.39, 0.29) is 11.4 Å². The van der Waals surface area contributed by atoms with E-state index >= 15 is 0 Å². The quantitative estimate of drug-likeness (QED) is 0.457. The lowest BCUT2D eigenvalue weighted by molar-refractivity contribution is 0.0807. The maximum absolute atomic E-state index is 12.2. The molecule has 0 saturated carbocycles. The largest absolute Gasteiger partial charge is 0.487 e. The van der Waals surface area contributed by atoms with E-state index in [0.717, 1.165) is 6.42 Å². The molecule has 3 aromatic rings. The number of aromatic nitrogens is 4. The summed E-state index contributed by atoms with van der Waals surface area (Å²) in [5.74, 6) is 0.668. The third-order valence-electron chi connectivity index (χ3n) is 3.43. The number of hydrogen-bond donors (Lipinski definition) is 1. The van der Waals surface area contributed by atoms with Crippen molar-refractivity contribution in [1.29, 1.82) is 0 Å². The predicted octanol–water partition coefficient (Wildman–Crippen LogP) is 1.41. The average Bonchev–Trinajstić information content (AvgIpc) is 3.15. The first-order valence-electron chi connectivity index (χ1n) is 7.80. The van der Waals surface area contributed by atoms with Crippen LogP contribution in [-0.2, 0) is 9.47 Å². The van der Waals surface area contributed by atoms with Crippen LogP contribution < -0.4 is 10.4 Å². The van der Waals surface area contributed by atoms with Crippen molar-refractivity contribution in [2.75, 3.05) is 33.5 Å². The van der Waals surface area contributed by atoms with Gasteiger partial charge >= 0.3 is 5.63 Å². The summed E-state index contributed by atoms with van der Waals surface area (Å²) in [7, 11) is 1.65. The van der Waals surface area contributed by atoms with Crippen LogP contribution in [0.5, 0.6) is 5.75 Å². The summed E-state index contributed by atoms with van der Waals surface area (Å²) >= 11 is 0. The fraction of sp³-hybridized carbons (Fsp3) is 0.375. The molecule has 0 saturated heterocycles. The maximum atomic E-state index is 12.2. The van der Waals surface area contributed by atoms with Crippen LogP contribution in [0.15, 0.2) is 33.5 Å². The summed E-state index contributed by atoms with van der Waals surface area (Å²) in [5, 5.41) is 14.1. The van der Waals surface area contributed by atoms with Crippen molar-refractivity contribution >= 4 is 11.0 Å². The molecule has 0 aliphatic heterocycles. The summed E-state index contributed by atoms with van der Waals surface area (Å²) in [6.45, 7) is 2.06. The van der Waals surface area contributed by atoms with E-state index in [4.69, 9.17) is 18.6 Å². The van der Waals surface area contributed by atoms with Crippen LogP contribution >= 0.6 is 0 Å². The Labute approximate surface area is 142 Å². The average molecular weight is 346 g/mol. The minimum atomic E-state index is -0.555. The van der Waals surface area contributed by atoms with E-state index in [9.17, 15) is 4.79 Å². The van der Waals surface area contributed by atoms with Gasteiger partial charge in [-0.3, -0.25) is 0 Å². The highest BCUT2D eigenvalue weighted by Gasteiger charge is 2.14. The first-order valence-corrected chi connectivity index (χ1v) is 7.80. The van der Waals surface area contributed by atoms with E-state index in [2.05, 4.69) is 20.6 Å². The van der Waals surface area contributed by atoms with E-state index in [1.807, 2.05) is 12.1 Å². The third-order valence-corrected chi connectivity index (χ3v) is 3.43. The molecule has 0 radical (unpaired) electrons. The van der Waals surface area contributed by atoms with Crippen molar-refractivity contribution < 1.29 is 18.6 Å². The highest BCUT2D eigenvalue weighted by Crippen LogP contribution is 2.26. The highest BCUT2D eigenvalue weighted by molar-refractivity contribution is 5.85. The fourth-order valence-corrected chi connectivity index (χ4v) is 2.28. The minimum Gasteiger partial charge on any atom is -0.487 e. The predicted molar refractivity (Wildman–Crippen MR) is 88.5 cm³/mol. The van der Waals surface area contributed by atoms with Crippen LogP contribution in [0.1, 0.15) is 6.42 Å². The Balaban J connectivity index is 1.70. The minimum absolute atomic E-state index is 0.187. The van der Waals surface area contributed by atoms with Crippen molar-refractivity contribution in [3.05, 3.63) is 34.7 Å². The molecule has 0 bridgehead atoms. The van der Waals surface area contributed by atoms with Gasteiger partial charge in [0.1, 0.15) is 12.2 Å². The molecule has 0 fully saturated rings. The number of nitrogens with zero attached hydrogens (tertiary/aromatic N) is 3. The molecule has 0 spiro atoms. The standard InChI is InChI=1S/C16H18N4O5/c1-22-6-3-7-23-8-9-24-13-5-2-4-11-10-12(15-17-19-20-18-15)16(21)25-14(11)13/h2,4-5,10H,3,6-9H2,1H3,(H,17,18,19,20). The number of ether oxygens (including phenoxy) is 3. The molecule has 0 aliphatic rings. The van der Waals surface area contributed by atoms with Crippen LogP contribution in [0.4, 0.5) is 0 Å². The lowest BCUT2D eigenvalue weighted by Gasteiger charge is -2.09. The number of rotatable bonds is 9. The van der Waals surface area contributed by atoms with E-state index < -0.39 is 5.63 Å². The van der Waals surface area contributed by atoms with Gasteiger partial charge in [-0.1, -0.05) is 12.1 Å². The van der Waals surface area contributed by atoms with Gasteiger partial charge in [-0.25, -0.2) is 4.79 Å². The smallest absolute Gasteiger partial charge is 0.347 e. The van der Waals surface area contributed by atoms with Gasteiger partial charge in [0.15, 0.2) is 11.3 Å². The van der Waals surface area contributed by atoms with Gasteiger partial charge in [-0.2, -0.15) is 5.21 Å². The zero-order chi connectivity index (χ0) is 17.5. The Bertz CT molecular complexity index is 863. The topological polar surface area (TPSA) is 112 Å². The second-order valence-corrected chi connectivity index (χ2v) is 5.16. The van der Waals surface area contributed by atoms with Gasteiger partial charge in [0, 0.05) is 25.7 Å². The normalized spacial score (nSPS) is 11.1.